The van der Waals surface area contributed by atoms with Crippen LogP contribution in [-0.2, 0) is 24.3 Å². The van der Waals surface area contributed by atoms with E-state index in [1.54, 1.807) is 13.8 Å². The number of nitrogens with one attached hydrogen (secondary N) is 3. The highest BCUT2D eigenvalue weighted by atomic mass is 32.2. The minimum absolute atomic E-state index is 0.0318. The summed E-state index contributed by atoms with van der Waals surface area (Å²) in [5, 5.41) is 6.64. The molecule has 2 aromatic rings. The fraction of sp³-hybridized carbons (Fsp3) is 0.333. The molecule has 0 aliphatic rings. The Morgan fingerprint density at radius 3 is 2.27 bits per heavy atom. The molecule has 0 aliphatic heterocycles. The van der Waals surface area contributed by atoms with Crippen molar-refractivity contribution in [1.82, 2.24) is 9.71 Å². The summed E-state index contributed by atoms with van der Waals surface area (Å²) < 4.78 is 31.8. The van der Waals surface area contributed by atoms with Crippen LogP contribution in [0.4, 0.5) is 10.8 Å². The zero-order valence-electron chi connectivity index (χ0n) is 16.8. The summed E-state index contributed by atoms with van der Waals surface area (Å²) in [5.41, 5.74) is 0.309. The van der Waals surface area contributed by atoms with E-state index in [1.165, 1.54) is 43.5 Å². The first-order chi connectivity index (χ1) is 14.0. The van der Waals surface area contributed by atoms with E-state index in [1.807, 2.05) is 0 Å². The molecule has 0 bridgehead atoms. The van der Waals surface area contributed by atoms with Gasteiger partial charge in [0.2, 0.25) is 15.9 Å². The third-order valence-corrected chi connectivity index (χ3v) is 5.90. The SMILES string of the molecule is CC(=O)Nc1nc(C(=O)OC(C)C(=O)Nc2ccc(S(=O)(=O)NC(C)C)cc2)cs1. The van der Waals surface area contributed by atoms with Gasteiger partial charge in [-0.1, -0.05) is 0 Å². The fourth-order valence-electron chi connectivity index (χ4n) is 2.19. The predicted molar refractivity (Wildman–Crippen MR) is 112 cm³/mol. The Hall–Kier alpha value is -2.83. The molecule has 0 saturated heterocycles. The average molecular weight is 455 g/mol. The van der Waals surface area contributed by atoms with Gasteiger partial charge in [0.05, 0.1) is 4.90 Å². The lowest BCUT2D eigenvalue weighted by atomic mass is 10.3. The number of carbonyl (C=O) groups excluding carboxylic acids is 3. The fourth-order valence-corrected chi connectivity index (χ4v) is 4.17. The number of hydrogen-bond donors (Lipinski definition) is 3. The summed E-state index contributed by atoms with van der Waals surface area (Å²) in [6, 6.07) is 5.33. The highest BCUT2D eigenvalue weighted by Crippen LogP contribution is 2.17. The molecule has 1 aromatic heterocycles. The Labute approximate surface area is 178 Å². The summed E-state index contributed by atoms with van der Waals surface area (Å²) in [4.78, 5) is 39.4. The molecule has 1 unspecified atom stereocenters. The second-order valence-corrected chi connectivity index (χ2v) is 9.13. The van der Waals surface area contributed by atoms with Crippen LogP contribution in [0.25, 0.3) is 0 Å². The number of aromatic nitrogens is 1. The highest BCUT2D eigenvalue weighted by molar-refractivity contribution is 7.89. The van der Waals surface area contributed by atoms with Gasteiger partial charge in [0.15, 0.2) is 16.9 Å². The molecule has 30 heavy (non-hydrogen) atoms. The maximum Gasteiger partial charge on any atom is 0.358 e. The molecule has 1 atom stereocenters. The summed E-state index contributed by atoms with van der Waals surface area (Å²) in [6.07, 6.45) is -1.13. The van der Waals surface area contributed by atoms with Crippen molar-refractivity contribution < 1.29 is 27.5 Å². The Morgan fingerprint density at radius 1 is 1.07 bits per heavy atom. The first kappa shape index (κ1) is 23.4. The standard InChI is InChI=1S/C18H22N4O6S2/c1-10(2)22-30(26,27)14-7-5-13(6-8-14)20-16(24)11(3)28-17(25)15-9-29-18(21-15)19-12(4)23/h5-11,22H,1-4H3,(H,20,24)(H,19,21,23). The van der Waals surface area contributed by atoms with Gasteiger partial charge < -0.3 is 15.4 Å². The van der Waals surface area contributed by atoms with Crippen LogP contribution in [0.3, 0.4) is 0 Å². The molecule has 12 heteroatoms. The number of sulfonamides is 1. The van der Waals surface area contributed by atoms with Crippen LogP contribution in [0.15, 0.2) is 34.5 Å². The van der Waals surface area contributed by atoms with Gasteiger partial charge in [-0.3, -0.25) is 9.59 Å². The van der Waals surface area contributed by atoms with E-state index in [0.29, 0.717) is 5.69 Å². The number of ether oxygens (including phenoxy) is 1. The molecule has 2 amide bonds. The summed E-state index contributed by atoms with van der Waals surface area (Å²) in [6.45, 7) is 6.12. The number of nitrogens with zero attached hydrogens (tertiary/aromatic N) is 1. The van der Waals surface area contributed by atoms with Crippen LogP contribution < -0.4 is 15.4 Å². The number of thiazole rings is 1. The topological polar surface area (TPSA) is 144 Å². The lowest BCUT2D eigenvalue weighted by Gasteiger charge is -2.13. The first-order valence-corrected chi connectivity index (χ1v) is 11.2. The number of rotatable bonds is 8. The molecule has 0 spiro atoms. The van der Waals surface area contributed by atoms with Gasteiger partial charge in [0.1, 0.15) is 0 Å². The predicted octanol–water partition coefficient (Wildman–Crippen LogP) is 1.97. The lowest BCUT2D eigenvalue weighted by Crippen LogP contribution is -2.31. The van der Waals surface area contributed by atoms with Gasteiger partial charge >= 0.3 is 5.97 Å². The summed E-state index contributed by atoms with van der Waals surface area (Å²) >= 11 is 1.05. The van der Waals surface area contributed by atoms with Crippen molar-refractivity contribution in [2.75, 3.05) is 10.6 Å². The maximum atomic E-state index is 12.3. The normalized spacial score (nSPS) is 12.3. The monoisotopic (exact) mass is 454 g/mol. The summed E-state index contributed by atoms with van der Waals surface area (Å²) in [5.74, 6) is -1.74. The van der Waals surface area contributed by atoms with Crippen molar-refractivity contribution in [3.63, 3.8) is 0 Å². The van der Waals surface area contributed by atoms with Crippen LogP contribution in [0.1, 0.15) is 38.2 Å². The molecule has 0 saturated carbocycles. The van der Waals surface area contributed by atoms with Crippen molar-refractivity contribution in [2.45, 2.75) is 44.7 Å². The first-order valence-electron chi connectivity index (χ1n) is 8.85. The number of carbonyl (C=O) groups is 3. The van der Waals surface area contributed by atoms with E-state index in [9.17, 15) is 22.8 Å². The van der Waals surface area contributed by atoms with E-state index < -0.39 is 28.0 Å². The zero-order chi connectivity index (χ0) is 22.5. The van der Waals surface area contributed by atoms with E-state index in [4.69, 9.17) is 4.74 Å². The molecule has 3 N–H and O–H groups in total. The minimum Gasteiger partial charge on any atom is -0.448 e. The van der Waals surface area contributed by atoms with Crippen LogP contribution in [0.5, 0.6) is 0 Å². The van der Waals surface area contributed by atoms with E-state index >= 15 is 0 Å². The van der Waals surface area contributed by atoms with Crippen LogP contribution >= 0.6 is 11.3 Å². The number of amides is 2. The van der Waals surface area contributed by atoms with Gasteiger partial charge in [-0.2, -0.15) is 0 Å². The molecule has 0 aliphatic carbocycles. The second-order valence-electron chi connectivity index (χ2n) is 6.56. The molecule has 0 radical (unpaired) electrons. The Bertz CT molecular complexity index is 1030. The number of benzene rings is 1. The number of hydrogen-bond acceptors (Lipinski definition) is 8. The lowest BCUT2D eigenvalue weighted by molar-refractivity contribution is -0.123. The summed E-state index contributed by atoms with van der Waals surface area (Å²) in [7, 11) is -3.64. The van der Waals surface area contributed by atoms with Crippen molar-refractivity contribution in [1.29, 1.82) is 0 Å². The van der Waals surface area contributed by atoms with Crippen molar-refractivity contribution in [3.05, 3.63) is 35.3 Å². The molecular weight excluding hydrogens is 432 g/mol. The molecule has 1 aromatic carbocycles. The van der Waals surface area contributed by atoms with Crippen LogP contribution in [-0.4, -0.2) is 43.3 Å². The minimum atomic E-state index is -3.64. The third kappa shape index (κ3) is 6.61. The Morgan fingerprint density at radius 2 is 1.70 bits per heavy atom. The van der Waals surface area contributed by atoms with Gasteiger partial charge in [0.25, 0.3) is 5.91 Å². The smallest absolute Gasteiger partial charge is 0.358 e. The number of esters is 1. The van der Waals surface area contributed by atoms with Gasteiger partial charge in [-0.15, -0.1) is 11.3 Å². The van der Waals surface area contributed by atoms with Crippen molar-refractivity contribution in [3.8, 4) is 0 Å². The maximum absolute atomic E-state index is 12.3. The van der Waals surface area contributed by atoms with Crippen molar-refractivity contribution >= 4 is 50.0 Å². The average Bonchev–Trinajstić information content (AvgIpc) is 3.09. The highest BCUT2D eigenvalue weighted by Gasteiger charge is 2.22. The molecule has 2 rings (SSSR count). The van der Waals surface area contributed by atoms with Gasteiger partial charge in [0, 0.05) is 24.0 Å². The number of anilines is 2. The largest absolute Gasteiger partial charge is 0.448 e. The van der Waals surface area contributed by atoms with Crippen molar-refractivity contribution in [2.24, 2.45) is 0 Å². The molecule has 162 valence electrons. The Balaban J connectivity index is 1.96. The zero-order valence-corrected chi connectivity index (χ0v) is 18.4. The van der Waals surface area contributed by atoms with Gasteiger partial charge in [-0.05, 0) is 45.0 Å². The molecule has 1 heterocycles. The molecule has 10 nitrogen and oxygen atoms in total. The van der Waals surface area contributed by atoms with Crippen LogP contribution in [0.2, 0.25) is 0 Å². The Kier molecular flexibility index (Phi) is 7.65. The van der Waals surface area contributed by atoms with E-state index in [-0.39, 0.29) is 27.7 Å². The van der Waals surface area contributed by atoms with E-state index in [0.717, 1.165) is 11.3 Å². The second kappa shape index (κ2) is 9.78. The quantitative estimate of drug-likeness (QED) is 0.517. The van der Waals surface area contributed by atoms with Crippen LogP contribution in [0, 0.1) is 0 Å². The van der Waals surface area contributed by atoms with E-state index in [2.05, 4.69) is 20.3 Å². The molecule has 0 fully saturated rings. The van der Waals surface area contributed by atoms with Gasteiger partial charge in [-0.25, -0.2) is 22.9 Å². The third-order valence-electron chi connectivity index (χ3n) is 3.47. The molecular formula is C18H22N4O6S2.